The topological polar surface area (TPSA) is 78.9 Å². The van der Waals surface area contributed by atoms with Crippen molar-refractivity contribution in [1.29, 1.82) is 0 Å². The van der Waals surface area contributed by atoms with Crippen molar-refractivity contribution in [3.05, 3.63) is 122 Å². The van der Waals surface area contributed by atoms with Gasteiger partial charge in [-0.05, 0) is 109 Å². The monoisotopic (exact) mass is 857 g/mol. The van der Waals surface area contributed by atoms with Crippen molar-refractivity contribution in [3.63, 3.8) is 0 Å². The van der Waals surface area contributed by atoms with Crippen molar-refractivity contribution < 1.29 is 28.6 Å². The summed E-state index contributed by atoms with van der Waals surface area (Å²) in [6.07, 6.45) is 67.8. The highest BCUT2D eigenvalue weighted by Gasteiger charge is 2.19. The minimum absolute atomic E-state index is 0.104. The second-order valence-electron chi connectivity index (χ2n) is 15.6. The third-order valence-corrected chi connectivity index (χ3v) is 9.71. The quantitative estimate of drug-likeness (QED) is 0.0263. The minimum atomic E-state index is -0.806. The molecule has 0 amide bonds. The molecule has 0 aromatic carbocycles. The zero-order chi connectivity index (χ0) is 45.1. The van der Waals surface area contributed by atoms with Crippen molar-refractivity contribution in [3.8, 4) is 0 Å². The molecular weight excluding hydrogens is 769 g/mol. The van der Waals surface area contributed by atoms with Crippen LogP contribution in [0.3, 0.4) is 0 Å². The van der Waals surface area contributed by atoms with Gasteiger partial charge in [-0.15, -0.1) is 0 Å². The van der Waals surface area contributed by atoms with Crippen LogP contribution in [0.2, 0.25) is 0 Å². The summed E-state index contributed by atoms with van der Waals surface area (Å²) in [7, 11) is 0. The van der Waals surface area contributed by atoms with E-state index in [1.807, 2.05) is 0 Å². The van der Waals surface area contributed by atoms with Crippen LogP contribution >= 0.6 is 0 Å². The number of ether oxygens (including phenoxy) is 3. The Hall–Kier alpha value is -4.19. The minimum Gasteiger partial charge on any atom is -0.462 e. The Bertz CT molecular complexity index is 1350. The molecule has 0 N–H and O–H groups in total. The molecule has 6 heteroatoms. The van der Waals surface area contributed by atoms with E-state index in [9.17, 15) is 14.4 Å². The van der Waals surface area contributed by atoms with Crippen LogP contribution in [-0.2, 0) is 28.6 Å². The lowest BCUT2D eigenvalue weighted by molar-refractivity contribution is -0.167. The van der Waals surface area contributed by atoms with Gasteiger partial charge < -0.3 is 14.2 Å². The fourth-order valence-electron chi connectivity index (χ4n) is 6.08. The molecule has 0 aromatic heterocycles. The molecule has 0 fully saturated rings. The fraction of sp³-hybridized carbons (Fsp3) is 0.589. The van der Waals surface area contributed by atoms with E-state index in [1.54, 1.807) is 0 Å². The third kappa shape index (κ3) is 46.9. The van der Waals surface area contributed by atoms with Crippen molar-refractivity contribution >= 4 is 17.9 Å². The summed E-state index contributed by atoms with van der Waals surface area (Å²) in [6.45, 7) is 6.26. The highest BCUT2D eigenvalue weighted by atomic mass is 16.6. The van der Waals surface area contributed by atoms with Crippen LogP contribution in [0.15, 0.2) is 122 Å². The van der Waals surface area contributed by atoms with Gasteiger partial charge in [-0.3, -0.25) is 14.4 Å². The number of allylic oxidation sites excluding steroid dienone is 20. The predicted octanol–water partition coefficient (Wildman–Crippen LogP) is 16.1. The summed E-state index contributed by atoms with van der Waals surface area (Å²) >= 11 is 0. The first-order chi connectivity index (χ1) is 30.5. The standard InChI is InChI=1S/C56H88O6/c1-4-7-10-13-16-18-20-22-23-24-25-26-27-28-29-30-31-32-33-35-36-38-40-43-46-49-55(58)61-52-53(51-60-54(57)48-45-42-15-12-9-6-3)62-56(59)50-47-44-41-39-37-34-21-19-17-14-11-8-5-2/h7-8,10-11,16-19,22-23,25-26,28-29,31-32,34-37,53H,4-6,9,12-15,20-21,24,27,30,33,38-52H2,1-3H3/b10-7-,11-8-,18-16-,19-17-,23-22-,26-25-,29-28-,32-31-,36-35-,37-34-. The van der Waals surface area contributed by atoms with E-state index in [0.29, 0.717) is 12.8 Å². The second kappa shape index (κ2) is 49.5. The van der Waals surface area contributed by atoms with E-state index in [4.69, 9.17) is 14.2 Å². The lowest BCUT2D eigenvalue weighted by Gasteiger charge is -2.18. The summed E-state index contributed by atoms with van der Waals surface area (Å²) in [5.41, 5.74) is 0. The van der Waals surface area contributed by atoms with E-state index in [-0.39, 0.29) is 37.5 Å². The average molecular weight is 857 g/mol. The molecule has 1 atom stereocenters. The van der Waals surface area contributed by atoms with E-state index < -0.39 is 6.10 Å². The van der Waals surface area contributed by atoms with Gasteiger partial charge in [0, 0.05) is 19.3 Å². The van der Waals surface area contributed by atoms with Crippen LogP contribution in [0.1, 0.15) is 194 Å². The van der Waals surface area contributed by atoms with Gasteiger partial charge in [0.2, 0.25) is 0 Å². The van der Waals surface area contributed by atoms with E-state index in [0.717, 1.165) is 135 Å². The number of hydrogen-bond acceptors (Lipinski definition) is 6. The van der Waals surface area contributed by atoms with Crippen LogP contribution in [-0.4, -0.2) is 37.2 Å². The molecule has 0 radical (unpaired) electrons. The van der Waals surface area contributed by atoms with Crippen LogP contribution in [0, 0.1) is 0 Å². The number of rotatable bonds is 42. The van der Waals surface area contributed by atoms with Crippen LogP contribution in [0.5, 0.6) is 0 Å². The number of hydrogen-bond donors (Lipinski definition) is 0. The second-order valence-corrected chi connectivity index (χ2v) is 15.6. The Balaban J connectivity index is 4.32. The molecule has 0 bridgehead atoms. The Kier molecular flexibility index (Phi) is 46.1. The van der Waals surface area contributed by atoms with E-state index in [1.165, 1.54) is 19.3 Å². The van der Waals surface area contributed by atoms with Crippen LogP contribution in [0.4, 0.5) is 0 Å². The molecule has 0 saturated heterocycles. The zero-order valence-electron chi connectivity index (χ0n) is 39.6. The predicted molar refractivity (Wildman–Crippen MR) is 265 cm³/mol. The van der Waals surface area contributed by atoms with Crippen molar-refractivity contribution in [2.75, 3.05) is 13.2 Å². The van der Waals surface area contributed by atoms with Gasteiger partial charge in [0.25, 0.3) is 0 Å². The summed E-state index contributed by atoms with van der Waals surface area (Å²) in [5, 5.41) is 0. The molecule has 0 aromatic rings. The lowest BCUT2D eigenvalue weighted by atomic mass is 10.1. The smallest absolute Gasteiger partial charge is 0.306 e. The zero-order valence-corrected chi connectivity index (χ0v) is 39.6. The Labute approximate surface area is 380 Å². The van der Waals surface area contributed by atoms with Gasteiger partial charge in [-0.2, -0.15) is 0 Å². The molecule has 0 spiro atoms. The van der Waals surface area contributed by atoms with E-state index in [2.05, 4.69) is 142 Å². The van der Waals surface area contributed by atoms with Gasteiger partial charge in [0.1, 0.15) is 13.2 Å². The summed E-state index contributed by atoms with van der Waals surface area (Å²) in [4.78, 5) is 37.6. The molecule has 1 unspecified atom stereocenters. The van der Waals surface area contributed by atoms with Crippen molar-refractivity contribution in [2.45, 2.75) is 200 Å². The maximum absolute atomic E-state index is 12.7. The molecule has 0 saturated carbocycles. The van der Waals surface area contributed by atoms with Crippen molar-refractivity contribution in [1.82, 2.24) is 0 Å². The molecule has 0 aliphatic rings. The molecule has 0 rings (SSSR count). The SMILES string of the molecule is CC/C=C\C/C=C\C/C=C\C/C=C\C/C=C\C/C=C\C/C=C\CCCCCC(=O)OCC(COC(=O)CCCCCCCC)OC(=O)CCCCC/C=C\C/C=C\C/C=C\CC. The summed E-state index contributed by atoms with van der Waals surface area (Å²) < 4.78 is 16.6. The Morgan fingerprint density at radius 2 is 0.629 bits per heavy atom. The highest BCUT2D eigenvalue weighted by molar-refractivity contribution is 5.71. The summed E-state index contributed by atoms with van der Waals surface area (Å²) in [5.74, 6) is -0.990. The molecular formula is C56H88O6. The molecule has 348 valence electrons. The van der Waals surface area contributed by atoms with Gasteiger partial charge in [0.15, 0.2) is 6.10 Å². The normalized spacial score (nSPS) is 13.1. The van der Waals surface area contributed by atoms with Crippen LogP contribution in [0.25, 0.3) is 0 Å². The lowest BCUT2D eigenvalue weighted by Crippen LogP contribution is -2.30. The van der Waals surface area contributed by atoms with E-state index >= 15 is 0 Å². The maximum atomic E-state index is 12.7. The number of unbranched alkanes of at least 4 members (excludes halogenated alkanes) is 11. The first kappa shape index (κ1) is 57.8. The molecule has 0 heterocycles. The molecule has 6 nitrogen and oxygen atoms in total. The third-order valence-electron chi connectivity index (χ3n) is 9.71. The fourth-order valence-corrected chi connectivity index (χ4v) is 6.08. The van der Waals surface area contributed by atoms with Crippen LogP contribution < -0.4 is 0 Å². The number of carbonyl (C=O) groups is 3. The van der Waals surface area contributed by atoms with Gasteiger partial charge >= 0.3 is 17.9 Å². The van der Waals surface area contributed by atoms with Gasteiger partial charge in [0.05, 0.1) is 0 Å². The maximum Gasteiger partial charge on any atom is 0.306 e. The molecule has 0 aliphatic carbocycles. The molecule has 0 aliphatic heterocycles. The first-order valence-electron chi connectivity index (χ1n) is 24.5. The Morgan fingerprint density at radius 3 is 0.984 bits per heavy atom. The highest BCUT2D eigenvalue weighted by Crippen LogP contribution is 2.11. The largest absolute Gasteiger partial charge is 0.462 e. The van der Waals surface area contributed by atoms with Crippen molar-refractivity contribution in [2.24, 2.45) is 0 Å². The van der Waals surface area contributed by atoms with Gasteiger partial charge in [-0.25, -0.2) is 0 Å². The summed E-state index contributed by atoms with van der Waals surface area (Å²) in [6, 6.07) is 0. The number of esters is 3. The number of carbonyl (C=O) groups excluding carboxylic acids is 3. The average Bonchev–Trinajstić information content (AvgIpc) is 3.27. The Morgan fingerprint density at radius 1 is 0.339 bits per heavy atom. The first-order valence-corrected chi connectivity index (χ1v) is 24.5. The van der Waals surface area contributed by atoms with Gasteiger partial charge in [-0.1, -0.05) is 187 Å². The molecule has 62 heavy (non-hydrogen) atoms.